The maximum atomic E-state index is 12.8. The van der Waals surface area contributed by atoms with Gasteiger partial charge in [0.25, 0.3) is 5.91 Å². The molecule has 2 fully saturated rings. The van der Waals surface area contributed by atoms with Gasteiger partial charge in [0.05, 0.1) is 0 Å². The monoisotopic (exact) mass is 385 g/mol. The lowest BCUT2D eigenvalue weighted by atomic mass is 10.0. The molecule has 0 spiro atoms. The highest BCUT2D eigenvalue weighted by Crippen LogP contribution is 2.28. The average molecular weight is 386 g/mol. The smallest absolute Gasteiger partial charge is 0.253 e. The number of nitrogens with zero attached hydrogens (tertiary/aromatic N) is 3. The zero-order chi connectivity index (χ0) is 19.9. The molecule has 1 aliphatic carbocycles. The Bertz CT molecular complexity index is 644. The van der Waals surface area contributed by atoms with Crippen LogP contribution in [0.25, 0.3) is 0 Å². The molecule has 1 saturated heterocycles. The van der Waals surface area contributed by atoms with E-state index < -0.39 is 0 Å². The number of piperazine rings is 1. The second-order valence-corrected chi connectivity index (χ2v) is 8.35. The fraction of sp³-hybridized carbons (Fsp3) is 0.652. The minimum atomic E-state index is 0.0747. The lowest BCUT2D eigenvalue weighted by molar-refractivity contribution is -0.133. The van der Waals surface area contributed by atoms with Crippen LogP contribution in [0.2, 0.25) is 0 Å². The van der Waals surface area contributed by atoms with Crippen molar-refractivity contribution in [1.82, 2.24) is 9.80 Å². The summed E-state index contributed by atoms with van der Waals surface area (Å²) < 4.78 is 0. The normalized spacial score (nSPS) is 17.8. The van der Waals surface area contributed by atoms with Crippen molar-refractivity contribution in [2.45, 2.75) is 51.9 Å². The van der Waals surface area contributed by atoms with E-state index in [1.807, 2.05) is 34.1 Å². The van der Waals surface area contributed by atoms with E-state index in [9.17, 15) is 9.59 Å². The number of carbonyl (C=O) groups excluding carboxylic acids is 2. The highest BCUT2D eigenvalue weighted by molar-refractivity contribution is 5.94. The van der Waals surface area contributed by atoms with Crippen molar-refractivity contribution in [1.29, 1.82) is 0 Å². The average Bonchev–Trinajstić information content (AvgIpc) is 3.24. The Morgan fingerprint density at radius 3 is 2.21 bits per heavy atom. The van der Waals surface area contributed by atoms with Gasteiger partial charge < -0.3 is 14.7 Å². The SMILES string of the molecule is CCCCN(C)c1ccc(C(=O)N2CCN(C(=O)CC3CCCC3)CC2)cc1. The van der Waals surface area contributed by atoms with Crippen LogP contribution in [0.5, 0.6) is 0 Å². The molecule has 0 aromatic heterocycles. The maximum absolute atomic E-state index is 12.8. The number of carbonyl (C=O) groups is 2. The molecule has 0 unspecified atom stereocenters. The van der Waals surface area contributed by atoms with Gasteiger partial charge in [-0.2, -0.15) is 0 Å². The van der Waals surface area contributed by atoms with Gasteiger partial charge in [0.2, 0.25) is 5.91 Å². The van der Waals surface area contributed by atoms with Crippen molar-refractivity contribution in [2.75, 3.05) is 44.7 Å². The number of amides is 2. The van der Waals surface area contributed by atoms with E-state index in [-0.39, 0.29) is 11.8 Å². The Morgan fingerprint density at radius 1 is 1.00 bits per heavy atom. The summed E-state index contributed by atoms with van der Waals surface area (Å²) >= 11 is 0. The van der Waals surface area contributed by atoms with Gasteiger partial charge in [0, 0.05) is 57.4 Å². The topological polar surface area (TPSA) is 43.9 Å². The minimum absolute atomic E-state index is 0.0747. The van der Waals surface area contributed by atoms with Gasteiger partial charge in [-0.1, -0.05) is 26.2 Å². The summed E-state index contributed by atoms with van der Waals surface area (Å²) in [4.78, 5) is 31.4. The van der Waals surface area contributed by atoms with E-state index >= 15 is 0 Å². The van der Waals surface area contributed by atoms with Gasteiger partial charge in [-0.25, -0.2) is 0 Å². The molecule has 0 atom stereocenters. The summed E-state index contributed by atoms with van der Waals surface area (Å²) in [6.07, 6.45) is 7.99. The van der Waals surface area contributed by atoms with Gasteiger partial charge in [0.15, 0.2) is 0 Å². The molecule has 5 nitrogen and oxygen atoms in total. The first-order valence-electron chi connectivity index (χ1n) is 11.0. The Labute approximate surface area is 169 Å². The molecule has 1 aromatic carbocycles. The Kier molecular flexibility index (Phi) is 7.35. The summed E-state index contributed by atoms with van der Waals surface area (Å²) in [5.74, 6) is 0.935. The van der Waals surface area contributed by atoms with Crippen LogP contribution in [0.3, 0.4) is 0 Å². The number of hydrogen-bond acceptors (Lipinski definition) is 3. The maximum Gasteiger partial charge on any atom is 0.253 e. The Hall–Kier alpha value is -2.04. The third kappa shape index (κ3) is 5.27. The van der Waals surface area contributed by atoms with Crippen LogP contribution >= 0.6 is 0 Å². The fourth-order valence-corrected chi connectivity index (χ4v) is 4.31. The van der Waals surface area contributed by atoms with Crippen LogP contribution in [-0.4, -0.2) is 61.4 Å². The second-order valence-electron chi connectivity index (χ2n) is 8.35. The zero-order valence-electron chi connectivity index (χ0n) is 17.5. The summed E-state index contributed by atoms with van der Waals surface area (Å²) in [7, 11) is 2.09. The number of unbranched alkanes of at least 4 members (excludes halogenated alkanes) is 1. The van der Waals surface area contributed by atoms with Crippen molar-refractivity contribution in [3.05, 3.63) is 29.8 Å². The lowest BCUT2D eigenvalue weighted by Gasteiger charge is -2.35. The molecular weight excluding hydrogens is 350 g/mol. The van der Waals surface area contributed by atoms with Crippen LogP contribution in [0.4, 0.5) is 5.69 Å². The Balaban J connectivity index is 1.48. The summed E-state index contributed by atoms with van der Waals surface area (Å²) in [6.45, 7) is 5.81. The highest BCUT2D eigenvalue weighted by atomic mass is 16.2. The van der Waals surface area contributed by atoms with Crippen molar-refractivity contribution in [3.8, 4) is 0 Å². The molecule has 1 aromatic rings. The second kappa shape index (κ2) is 9.94. The summed E-state index contributed by atoms with van der Waals surface area (Å²) in [6, 6.07) is 7.92. The molecule has 3 rings (SSSR count). The van der Waals surface area contributed by atoms with Crippen LogP contribution in [0.1, 0.15) is 62.2 Å². The van der Waals surface area contributed by atoms with Crippen molar-refractivity contribution in [3.63, 3.8) is 0 Å². The molecule has 1 saturated carbocycles. The van der Waals surface area contributed by atoms with Crippen molar-refractivity contribution >= 4 is 17.5 Å². The largest absolute Gasteiger partial charge is 0.375 e. The van der Waals surface area contributed by atoms with E-state index in [4.69, 9.17) is 0 Å². The van der Waals surface area contributed by atoms with Crippen molar-refractivity contribution < 1.29 is 9.59 Å². The van der Waals surface area contributed by atoms with E-state index in [0.29, 0.717) is 38.5 Å². The van der Waals surface area contributed by atoms with Crippen LogP contribution < -0.4 is 4.90 Å². The van der Waals surface area contributed by atoms with Crippen LogP contribution in [0.15, 0.2) is 24.3 Å². The number of rotatable bonds is 7. The molecule has 0 N–H and O–H groups in total. The molecule has 2 amide bonds. The predicted molar refractivity (Wildman–Crippen MR) is 114 cm³/mol. The summed E-state index contributed by atoms with van der Waals surface area (Å²) in [5.41, 5.74) is 1.88. The van der Waals surface area contributed by atoms with Crippen LogP contribution in [-0.2, 0) is 4.79 Å². The molecule has 1 aliphatic heterocycles. The quantitative estimate of drug-likeness (QED) is 0.717. The first-order chi connectivity index (χ1) is 13.6. The van der Waals surface area contributed by atoms with Gasteiger partial charge in [0.1, 0.15) is 0 Å². The molecule has 154 valence electrons. The standard InChI is InChI=1S/C23H35N3O2/c1-3-4-13-24(2)21-11-9-20(10-12-21)23(28)26-16-14-25(15-17-26)22(27)18-19-7-5-6-8-19/h9-12,19H,3-8,13-18H2,1-2H3. The van der Waals surface area contributed by atoms with Crippen LogP contribution in [0, 0.1) is 5.92 Å². The predicted octanol–water partition coefficient (Wildman–Crippen LogP) is 3.79. The van der Waals surface area contributed by atoms with Gasteiger partial charge >= 0.3 is 0 Å². The van der Waals surface area contributed by atoms with E-state index in [0.717, 1.165) is 17.8 Å². The van der Waals surface area contributed by atoms with Crippen molar-refractivity contribution in [2.24, 2.45) is 5.92 Å². The third-order valence-electron chi connectivity index (χ3n) is 6.26. The van der Waals surface area contributed by atoms with Gasteiger partial charge in [-0.05, 0) is 49.4 Å². The van der Waals surface area contributed by atoms with Gasteiger partial charge in [-0.15, -0.1) is 0 Å². The molecule has 28 heavy (non-hydrogen) atoms. The summed E-state index contributed by atoms with van der Waals surface area (Å²) in [5, 5.41) is 0. The zero-order valence-corrected chi connectivity index (χ0v) is 17.5. The molecule has 0 bridgehead atoms. The number of benzene rings is 1. The fourth-order valence-electron chi connectivity index (χ4n) is 4.31. The van der Waals surface area contributed by atoms with E-state index in [1.165, 1.54) is 38.5 Å². The third-order valence-corrected chi connectivity index (χ3v) is 6.26. The first-order valence-corrected chi connectivity index (χ1v) is 11.0. The molecule has 5 heteroatoms. The highest BCUT2D eigenvalue weighted by Gasteiger charge is 2.27. The molecular formula is C23H35N3O2. The minimum Gasteiger partial charge on any atom is -0.375 e. The lowest BCUT2D eigenvalue weighted by Crippen LogP contribution is -2.50. The molecule has 0 radical (unpaired) electrons. The number of hydrogen-bond donors (Lipinski definition) is 0. The van der Waals surface area contributed by atoms with E-state index in [1.54, 1.807) is 0 Å². The van der Waals surface area contributed by atoms with E-state index in [2.05, 4.69) is 18.9 Å². The Morgan fingerprint density at radius 2 is 1.61 bits per heavy atom. The molecule has 2 aliphatic rings. The molecule has 1 heterocycles. The first kappa shape index (κ1) is 20.7. The number of anilines is 1. The van der Waals surface area contributed by atoms with Gasteiger partial charge in [-0.3, -0.25) is 9.59 Å².